The Morgan fingerprint density at radius 2 is 2.35 bits per heavy atom. The molecule has 3 rings (SSSR count). The van der Waals surface area contributed by atoms with Crippen LogP contribution in [0.1, 0.15) is 18.7 Å². The van der Waals surface area contributed by atoms with Crippen molar-refractivity contribution < 1.29 is 4.79 Å². The maximum atomic E-state index is 11.5. The highest BCUT2D eigenvalue weighted by Gasteiger charge is 2.53. The van der Waals surface area contributed by atoms with Gasteiger partial charge in [0.1, 0.15) is 12.2 Å². The molecule has 6 nitrogen and oxygen atoms in total. The van der Waals surface area contributed by atoms with Gasteiger partial charge in [-0.3, -0.25) is 4.79 Å². The molecule has 2 saturated heterocycles. The molecule has 0 saturated carbocycles. The van der Waals surface area contributed by atoms with Crippen molar-refractivity contribution in [2.24, 2.45) is 12.5 Å². The van der Waals surface area contributed by atoms with Crippen LogP contribution in [0.15, 0.2) is 6.33 Å². The molecular formula is C11H17N5O. The fourth-order valence-corrected chi connectivity index (χ4v) is 2.98. The molecule has 1 amide bonds. The first-order chi connectivity index (χ1) is 8.12. The molecule has 3 heterocycles. The highest BCUT2D eigenvalue weighted by molar-refractivity contribution is 5.74. The van der Waals surface area contributed by atoms with E-state index in [1.165, 1.54) is 0 Å². The summed E-state index contributed by atoms with van der Waals surface area (Å²) in [6.45, 7) is 5.18. The fraction of sp³-hybridized carbons (Fsp3) is 0.727. The first kappa shape index (κ1) is 10.7. The van der Waals surface area contributed by atoms with Gasteiger partial charge in [-0.05, 0) is 0 Å². The van der Waals surface area contributed by atoms with E-state index in [1.807, 2.05) is 16.5 Å². The molecule has 1 aromatic heterocycles. The zero-order valence-corrected chi connectivity index (χ0v) is 10.2. The van der Waals surface area contributed by atoms with Gasteiger partial charge in [-0.1, -0.05) is 0 Å². The van der Waals surface area contributed by atoms with Crippen LogP contribution in [0, 0.1) is 5.41 Å². The molecule has 92 valence electrons. The number of hydrogen-bond donors (Lipinski definition) is 1. The van der Waals surface area contributed by atoms with Crippen LogP contribution >= 0.6 is 0 Å². The Labute approximate surface area is 100 Å². The van der Waals surface area contributed by atoms with Gasteiger partial charge < -0.3 is 14.8 Å². The average molecular weight is 235 g/mol. The molecule has 2 aliphatic heterocycles. The highest BCUT2D eigenvalue weighted by atomic mass is 16.2. The normalized spacial score (nSPS) is 26.2. The molecule has 1 aromatic rings. The summed E-state index contributed by atoms with van der Waals surface area (Å²) in [4.78, 5) is 13.5. The summed E-state index contributed by atoms with van der Waals surface area (Å²) in [5, 5.41) is 11.5. The molecule has 6 heteroatoms. The minimum atomic E-state index is 0.154. The molecule has 0 radical (unpaired) electrons. The van der Waals surface area contributed by atoms with E-state index in [9.17, 15) is 4.79 Å². The third kappa shape index (κ3) is 1.47. The van der Waals surface area contributed by atoms with Crippen molar-refractivity contribution in [1.29, 1.82) is 0 Å². The van der Waals surface area contributed by atoms with Crippen LogP contribution in [0.5, 0.6) is 0 Å². The van der Waals surface area contributed by atoms with E-state index >= 15 is 0 Å². The highest BCUT2D eigenvalue weighted by Crippen LogP contribution is 2.44. The van der Waals surface area contributed by atoms with E-state index in [0.717, 1.165) is 32.0 Å². The van der Waals surface area contributed by atoms with Gasteiger partial charge in [-0.15, -0.1) is 10.2 Å². The summed E-state index contributed by atoms with van der Waals surface area (Å²) >= 11 is 0. The topological polar surface area (TPSA) is 63.1 Å². The summed E-state index contributed by atoms with van der Waals surface area (Å²) in [7, 11) is 1.96. The molecule has 1 atom stereocenters. The van der Waals surface area contributed by atoms with Gasteiger partial charge in [0.2, 0.25) is 5.91 Å². The second-order valence-electron chi connectivity index (χ2n) is 5.22. The minimum Gasteiger partial charge on any atom is -0.342 e. The maximum Gasteiger partial charge on any atom is 0.219 e. The largest absolute Gasteiger partial charge is 0.342 e. The zero-order chi connectivity index (χ0) is 12.0. The van der Waals surface area contributed by atoms with Crippen molar-refractivity contribution in [2.45, 2.75) is 12.8 Å². The van der Waals surface area contributed by atoms with Crippen molar-refractivity contribution >= 4 is 5.91 Å². The average Bonchev–Trinajstić information content (AvgIpc) is 2.79. The Balaban J connectivity index is 1.93. The number of carbonyl (C=O) groups is 1. The van der Waals surface area contributed by atoms with Crippen molar-refractivity contribution in [2.75, 3.05) is 26.2 Å². The van der Waals surface area contributed by atoms with E-state index in [0.29, 0.717) is 5.92 Å². The first-order valence-electron chi connectivity index (χ1n) is 5.92. The molecule has 2 aliphatic rings. The Hall–Kier alpha value is -1.43. The van der Waals surface area contributed by atoms with E-state index in [4.69, 9.17) is 0 Å². The molecule has 2 fully saturated rings. The number of amides is 1. The SMILES string of the molecule is CC(=O)N1CC(c2nncn2C)C2(CNC2)C1. The molecule has 17 heavy (non-hydrogen) atoms. The molecule has 1 unspecified atom stereocenters. The lowest BCUT2D eigenvalue weighted by molar-refractivity contribution is -0.128. The van der Waals surface area contributed by atoms with Crippen LogP contribution in [-0.2, 0) is 11.8 Å². The van der Waals surface area contributed by atoms with Crippen molar-refractivity contribution in [3.05, 3.63) is 12.2 Å². The van der Waals surface area contributed by atoms with Gasteiger partial charge in [0.25, 0.3) is 0 Å². The number of hydrogen-bond acceptors (Lipinski definition) is 4. The quantitative estimate of drug-likeness (QED) is 0.702. The van der Waals surface area contributed by atoms with Crippen molar-refractivity contribution in [3.63, 3.8) is 0 Å². The lowest BCUT2D eigenvalue weighted by Gasteiger charge is -2.42. The molecular weight excluding hydrogens is 218 g/mol. The lowest BCUT2D eigenvalue weighted by Crippen LogP contribution is -2.57. The molecule has 0 aliphatic carbocycles. The molecule has 1 N–H and O–H groups in total. The number of nitrogens with zero attached hydrogens (tertiary/aromatic N) is 4. The van der Waals surface area contributed by atoms with Gasteiger partial charge in [0.15, 0.2) is 0 Å². The fourth-order valence-electron chi connectivity index (χ4n) is 2.98. The number of aryl methyl sites for hydroxylation is 1. The summed E-state index contributed by atoms with van der Waals surface area (Å²) < 4.78 is 1.97. The van der Waals surface area contributed by atoms with Crippen molar-refractivity contribution in [3.8, 4) is 0 Å². The third-order valence-electron chi connectivity index (χ3n) is 4.11. The van der Waals surface area contributed by atoms with Crippen LogP contribution in [0.25, 0.3) is 0 Å². The lowest BCUT2D eigenvalue weighted by atomic mass is 9.72. The Morgan fingerprint density at radius 3 is 2.82 bits per heavy atom. The third-order valence-corrected chi connectivity index (χ3v) is 4.11. The second-order valence-corrected chi connectivity index (χ2v) is 5.22. The van der Waals surface area contributed by atoms with Crippen molar-refractivity contribution in [1.82, 2.24) is 25.0 Å². The van der Waals surface area contributed by atoms with Gasteiger partial charge >= 0.3 is 0 Å². The van der Waals surface area contributed by atoms with Crippen LogP contribution in [0.2, 0.25) is 0 Å². The van der Waals surface area contributed by atoms with Gasteiger partial charge in [0, 0.05) is 51.5 Å². The Morgan fingerprint density at radius 1 is 1.59 bits per heavy atom. The molecule has 0 aromatic carbocycles. The number of carbonyl (C=O) groups excluding carboxylic acids is 1. The van der Waals surface area contributed by atoms with E-state index < -0.39 is 0 Å². The summed E-state index contributed by atoms with van der Waals surface area (Å²) in [6, 6.07) is 0. The number of rotatable bonds is 1. The summed E-state index contributed by atoms with van der Waals surface area (Å²) in [6.07, 6.45) is 1.73. The van der Waals surface area contributed by atoms with Crippen LogP contribution in [0.3, 0.4) is 0 Å². The smallest absolute Gasteiger partial charge is 0.219 e. The maximum absolute atomic E-state index is 11.5. The molecule has 0 bridgehead atoms. The van der Waals surface area contributed by atoms with E-state index in [-0.39, 0.29) is 11.3 Å². The van der Waals surface area contributed by atoms with Crippen LogP contribution in [-0.4, -0.2) is 51.8 Å². The number of nitrogens with one attached hydrogen (secondary N) is 1. The van der Waals surface area contributed by atoms with E-state index in [2.05, 4.69) is 15.5 Å². The predicted octanol–water partition coefficient (Wildman–Crippen LogP) is -0.650. The number of likely N-dealkylation sites (tertiary alicyclic amines) is 1. The van der Waals surface area contributed by atoms with Crippen LogP contribution in [0.4, 0.5) is 0 Å². The summed E-state index contributed by atoms with van der Waals surface area (Å²) in [5.74, 6) is 1.45. The second kappa shape index (κ2) is 3.53. The monoisotopic (exact) mass is 235 g/mol. The van der Waals surface area contributed by atoms with Gasteiger partial charge in [-0.25, -0.2) is 0 Å². The van der Waals surface area contributed by atoms with Gasteiger partial charge in [0.05, 0.1) is 0 Å². The Kier molecular flexibility index (Phi) is 2.22. The zero-order valence-electron chi connectivity index (χ0n) is 10.2. The number of aromatic nitrogens is 3. The first-order valence-corrected chi connectivity index (χ1v) is 5.92. The standard InChI is InChI=1S/C11H17N5O/c1-8(17)16-3-9(10-14-13-7-15(10)2)11(6-16)4-12-5-11/h7,9,12H,3-6H2,1-2H3. The Bertz CT molecular complexity index is 450. The predicted molar refractivity (Wildman–Crippen MR) is 61.3 cm³/mol. The summed E-state index contributed by atoms with van der Waals surface area (Å²) in [5.41, 5.74) is 0.173. The van der Waals surface area contributed by atoms with Gasteiger partial charge in [-0.2, -0.15) is 0 Å². The molecule has 1 spiro atoms. The van der Waals surface area contributed by atoms with E-state index in [1.54, 1.807) is 13.3 Å². The van der Waals surface area contributed by atoms with Crippen LogP contribution < -0.4 is 5.32 Å². The minimum absolute atomic E-state index is 0.154.